The first kappa shape index (κ1) is 14.4. The Morgan fingerprint density at radius 1 is 1.33 bits per heavy atom. The van der Waals surface area contributed by atoms with Gasteiger partial charge in [-0.2, -0.15) is 13.2 Å². The summed E-state index contributed by atoms with van der Waals surface area (Å²) in [5.74, 6) is -2.07. The second-order valence-electron chi connectivity index (χ2n) is 4.07. The quantitative estimate of drug-likeness (QED) is 0.806. The highest BCUT2D eigenvalue weighted by atomic mass is 19.4. The van der Waals surface area contributed by atoms with E-state index < -0.39 is 23.4 Å². The topological polar surface area (TPSA) is 55.1 Å². The van der Waals surface area contributed by atoms with Crippen LogP contribution in [-0.4, -0.2) is 17.6 Å². The third-order valence-corrected chi connectivity index (χ3v) is 2.58. The standard InChI is InChI=1S/C11H12F4N2O/c1-6-7(12)4-3-5-8(6)17-9(18)10(2,16)11(13,14)15/h3-5H,16H2,1-2H3,(H,17,18). The minimum Gasteiger partial charge on any atom is -0.324 e. The molecule has 0 bridgehead atoms. The Kier molecular flexibility index (Phi) is 3.66. The van der Waals surface area contributed by atoms with Crippen LogP contribution in [0.25, 0.3) is 0 Å². The van der Waals surface area contributed by atoms with E-state index in [4.69, 9.17) is 5.73 Å². The molecule has 0 saturated carbocycles. The van der Waals surface area contributed by atoms with Crippen molar-refractivity contribution in [2.45, 2.75) is 25.6 Å². The molecular formula is C11H12F4N2O. The summed E-state index contributed by atoms with van der Waals surface area (Å²) in [5, 5.41) is 1.97. The van der Waals surface area contributed by atoms with Crippen molar-refractivity contribution in [3.63, 3.8) is 0 Å². The Balaban J connectivity index is 2.99. The first-order chi connectivity index (χ1) is 8.07. The number of nitrogens with one attached hydrogen (secondary N) is 1. The average molecular weight is 264 g/mol. The number of alkyl halides is 3. The van der Waals surface area contributed by atoms with Crippen molar-refractivity contribution >= 4 is 11.6 Å². The maximum atomic E-state index is 13.2. The second kappa shape index (κ2) is 4.56. The molecule has 18 heavy (non-hydrogen) atoms. The monoisotopic (exact) mass is 264 g/mol. The molecule has 0 radical (unpaired) electrons. The van der Waals surface area contributed by atoms with Gasteiger partial charge in [-0.25, -0.2) is 4.39 Å². The van der Waals surface area contributed by atoms with E-state index in [-0.39, 0.29) is 11.3 Å². The molecule has 7 heteroatoms. The second-order valence-corrected chi connectivity index (χ2v) is 4.07. The van der Waals surface area contributed by atoms with E-state index in [1.165, 1.54) is 19.1 Å². The fraction of sp³-hybridized carbons (Fsp3) is 0.364. The molecule has 0 aliphatic carbocycles. The highest BCUT2D eigenvalue weighted by molar-refractivity contribution is 5.98. The SMILES string of the molecule is Cc1c(F)cccc1NC(=O)C(C)(N)C(F)(F)F. The zero-order chi connectivity index (χ0) is 14.1. The molecule has 0 spiro atoms. The van der Waals surface area contributed by atoms with Gasteiger partial charge in [0.05, 0.1) is 0 Å². The Morgan fingerprint density at radius 2 is 1.89 bits per heavy atom. The molecule has 1 rings (SSSR count). The van der Waals surface area contributed by atoms with E-state index in [1.807, 2.05) is 5.32 Å². The van der Waals surface area contributed by atoms with Crippen molar-refractivity contribution in [1.29, 1.82) is 0 Å². The van der Waals surface area contributed by atoms with Crippen LogP contribution >= 0.6 is 0 Å². The van der Waals surface area contributed by atoms with Crippen molar-refractivity contribution in [3.8, 4) is 0 Å². The molecule has 1 amide bonds. The Hall–Kier alpha value is -1.63. The number of hydrogen-bond donors (Lipinski definition) is 2. The van der Waals surface area contributed by atoms with Crippen LogP contribution < -0.4 is 11.1 Å². The summed E-state index contributed by atoms with van der Waals surface area (Å²) in [6.45, 7) is 1.89. The van der Waals surface area contributed by atoms with Gasteiger partial charge in [0.25, 0.3) is 5.91 Å². The Morgan fingerprint density at radius 3 is 2.39 bits per heavy atom. The van der Waals surface area contributed by atoms with Crippen molar-refractivity contribution in [2.75, 3.05) is 5.32 Å². The molecule has 3 N–H and O–H groups in total. The Bertz CT molecular complexity index is 469. The van der Waals surface area contributed by atoms with Crippen LogP contribution in [0.2, 0.25) is 0 Å². The third kappa shape index (κ3) is 2.61. The number of carbonyl (C=O) groups excluding carboxylic acids is 1. The lowest BCUT2D eigenvalue weighted by Gasteiger charge is -2.26. The van der Waals surface area contributed by atoms with E-state index in [2.05, 4.69) is 0 Å². The predicted molar refractivity (Wildman–Crippen MR) is 58.4 cm³/mol. The summed E-state index contributed by atoms with van der Waals surface area (Å²) in [7, 11) is 0. The summed E-state index contributed by atoms with van der Waals surface area (Å²) in [6.07, 6.45) is -4.89. The van der Waals surface area contributed by atoms with Crippen molar-refractivity contribution in [3.05, 3.63) is 29.6 Å². The van der Waals surface area contributed by atoms with Gasteiger partial charge in [0.2, 0.25) is 0 Å². The van der Waals surface area contributed by atoms with Gasteiger partial charge in [0.1, 0.15) is 5.82 Å². The molecule has 1 atom stereocenters. The number of rotatable bonds is 2. The van der Waals surface area contributed by atoms with Gasteiger partial charge in [0.15, 0.2) is 5.54 Å². The van der Waals surface area contributed by atoms with E-state index in [0.29, 0.717) is 6.92 Å². The summed E-state index contributed by atoms with van der Waals surface area (Å²) in [5.41, 5.74) is 1.91. The van der Waals surface area contributed by atoms with E-state index in [0.717, 1.165) is 6.07 Å². The lowest BCUT2D eigenvalue weighted by molar-refractivity contribution is -0.184. The number of hydrogen-bond acceptors (Lipinski definition) is 2. The third-order valence-electron chi connectivity index (χ3n) is 2.58. The number of anilines is 1. The van der Waals surface area contributed by atoms with E-state index >= 15 is 0 Å². The summed E-state index contributed by atoms with van der Waals surface area (Å²) >= 11 is 0. The molecule has 1 aromatic carbocycles. The van der Waals surface area contributed by atoms with Crippen molar-refractivity contribution < 1.29 is 22.4 Å². The van der Waals surface area contributed by atoms with Gasteiger partial charge in [-0.3, -0.25) is 4.79 Å². The number of nitrogens with two attached hydrogens (primary N) is 1. The van der Waals surface area contributed by atoms with Crippen molar-refractivity contribution in [2.24, 2.45) is 5.73 Å². The minimum absolute atomic E-state index is 0.0408. The maximum absolute atomic E-state index is 13.2. The van der Waals surface area contributed by atoms with Gasteiger partial charge in [0, 0.05) is 11.3 Å². The largest absolute Gasteiger partial charge is 0.415 e. The zero-order valence-corrected chi connectivity index (χ0v) is 9.73. The Labute approximate surface area is 101 Å². The van der Waals surface area contributed by atoms with Crippen LogP contribution in [0.3, 0.4) is 0 Å². The van der Waals surface area contributed by atoms with Gasteiger partial charge in [-0.15, -0.1) is 0 Å². The van der Waals surface area contributed by atoms with E-state index in [1.54, 1.807) is 0 Å². The van der Waals surface area contributed by atoms with Gasteiger partial charge in [-0.05, 0) is 26.0 Å². The highest BCUT2D eigenvalue weighted by Crippen LogP contribution is 2.29. The molecule has 0 aliphatic heterocycles. The highest BCUT2D eigenvalue weighted by Gasteiger charge is 2.54. The summed E-state index contributed by atoms with van der Waals surface area (Å²) < 4.78 is 50.7. The lowest BCUT2D eigenvalue weighted by atomic mass is 10.0. The van der Waals surface area contributed by atoms with Crippen LogP contribution in [0.1, 0.15) is 12.5 Å². The number of carbonyl (C=O) groups is 1. The first-order valence-corrected chi connectivity index (χ1v) is 4.99. The number of amides is 1. The molecule has 1 unspecified atom stereocenters. The molecule has 1 aromatic rings. The normalized spacial score (nSPS) is 15.1. The van der Waals surface area contributed by atoms with Crippen LogP contribution in [-0.2, 0) is 4.79 Å². The molecule has 0 saturated heterocycles. The number of halogens is 4. The van der Waals surface area contributed by atoms with Crippen LogP contribution in [0.4, 0.5) is 23.2 Å². The van der Waals surface area contributed by atoms with Gasteiger partial charge < -0.3 is 11.1 Å². The van der Waals surface area contributed by atoms with Gasteiger partial charge >= 0.3 is 6.18 Å². The van der Waals surface area contributed by atoms with Crippen LogP contribution in [0.15, 0.2) is 18.2 Å². The van der Waals surface area contributed by atoms with Gasteiger partial charge in [-0.1, -0.05) is 6.07 Å². The summed E-state index contributed by atoms with van der Waals surface area (Å²) in [6, 6.07) is 3.71. The molecule has 3 nitrogen and oxygen atoms in total. The van der Waals surface area contributed by atoms with Crippen molar-refractivity contribution in [1.82, 2.24) is 0 Å². The molecular weight excluding hydrogens is 252 g/mol. The molecule has 0 aromatic heterocycles. The first-order valence-electron chi connectivity index (χ1n) is 4.99. The molecule has 0 heterocycles. The average Bonchev–Trinajstić information content (AvgIpc) is 2.23. The fourth-order valence-electron chi connectivity index (χ4n) is 1.12. The zero-order valence-electron chi connectivity index (χ0n) is 9.73. The van der Waals surface area contributed by atoms with Crippen LogP contribution in [0, 0.1) is 12.7 Å². The molecule has 0 aliphatic rings. The maximum Gasteiger partial charge on any atom is 0.415 e. The minimum atomic E-state index is -4.89. The summed E-state index contributed by atoms with van der Waals surface area (Å²) in [4.78, 5) is 11.5. The van der Waals surface area contributed by atoms with E-state index in [9.17, 15) is 22.4 Å². The molecule has 100 valence electrons. The number of benzene rings is 1. The lowest BCUT2D eigenvalue weighted by Crippen LogP contribution is -2.59. The molecule has 0 fully saturated rings. The fourth-order valence-corrected chi connectivity index (χ4v) is 1.12. The van der Waals surface area contributed by atoms with Crippen LogP contribution in [0.5, 0.6) is 0 Å². The predicted octanol–water partition coefficient (Wildman–Crippen LogP) is 2.35. The smallest absolute Gasteiger partial charge is 0.324 e.